The van der Waals surface area contributed by atoms with E-state index < -0.39 is 16.6 Å². The van der Waals surface area contributed by atoms with Crippen LogP contribution in [0.1, 0.15) is 26.5 Å². The van der Waals surface area contributed by atoms with Crippen LogP contribution < -0.4 is 5.43 Å². The van der Waals surface area contributed by atoms with Crippen LogP contribution in [0.2, 0.25) is 0 Å². The Morgan fingerprint density at radius 2 is 2.12 bits per heavy atom. The molecule has 0 atom stereocenters. The van der Waals surface area contributed by atoms with Gasteiger partial charge in [-0.25, -0.2) is 0 Å². The number of esters is 1. The molecule has 16 heavy (non-hydrogen) atoms. The molecule has 0 saturated carbocycles. The molecule has 0 aliphatic heterocycles. The van der Waals surface area contributed by atoms with Crippen molar-refractivity contribution in [2.45, 2.75) is 27.4 Å². The van der Waals surface area contributed by atoms with E-state index in [4.69, 9.17) is 14.3 Å². The lowest BCUT2D eigenvalue weighted by atomic mass is 9.97. The molecule has 0 spiro atoms. The molecule has 0 unspecified atom stereocenters. The van der Waals surface area contributed by atoms with Crippen molar-refractivity contribution in [2.75, 3.05) is 0 Å². The summed E-state index contributed by atoms with van der Waals surface area (Å²) >= 11 is 0. The molecule has 1 heterocycles. The Hall–Kier alpha value is -1.78. The first kappa shape index (κ1) is 12.3. The van der Waals surface area contributed by atoms with Crippen LogP contribution in [0.3, 0.4) is 0 Å². The van der Waals surface area contributed by atoms with Gasteiger partial charge in [-0.05, 0) is 20.8 Å². The molecule has 0 amide bonds. The number of carbonyl (C=O) groups excluding carboxylic acids is 1. The Bertz CT molecular complexity index is 438. The van der Waals surface area contributed by atoms with E-state index in [1.165, 1.54) is 0 Å². The average Bonchev–Trinajstić information content (AvgIpc) is 2.18. The first-order chi connectivity index (χ1) is 7.30. The minimum atomic E-state index is -0.600. The highest BCUT2D eigenvalue weighted by Gasteiger charge is 2.23. The maximum Gasteiger partial charge on any atom is 0.311 e. The second kappa shape index (κ2) is 4.38. The molecule has 0 aromatic carbocycles. The molecule has 1 aromatic rings. The molecule has 0 aliphatic rings. The van der Waals surface area contributed by atoms with E-state index >= 15 is 0 Å². The molecule has 5 heteroatoms. The van der Waals surface area contributed by atoms with Crippen molar-refractivity contribution in [3.63, 3.8) is 0 Å². The summed E-state index contributed by atoms with van der Waals surface area (Å²) in [4.78, 5) is 22.4. The van der Waals surface area contributed by atoms with Gasteiger partial charge in [-0.1, -0.05) is 0 Å². The van der Waals surface area contributed by atoms with Crippen molar-refractivity contribution < 1.29 is 19.1 Å². The third-order valence-electron chi connectivity index (χ3n) is 1.82. The first-order valence-corrected chi connectivity index (χ1v) is 4.78. The zero-order valence-electron chi connectivity index (χ0n) is 9.44. The lowest BCUT2D eigenvalue weighted by Crippen LogP contribution is -2.22. The summed E-state index contributed by atoms with van der Waals surface area (Å²) in [5, 5.41) is 8.94. The van der Waals surface area contributed by atoms with Gasteiger partial charge in [0.2, 0.25) is 5.43 Å². The number of hydrogen-bond donors (Lipinski definition) is 1. The van der Waals surface area contributed by atoms with Crippen molar-refractivity contribution in [1.82, 2.24) is 0 Å². The van der Waals surface area contributed by atoms with Gasteiger partial charge in [0.25, 0.3) is 0 Å². The van der Waals surface area contributed by atoms with Crippen LogP contribution in [0.25, 0.3) is 0 Å². The number of ether oxygens (including phenoxy) is 1. The summed E-state index contributed by atoms with van der Waals surface area (Å²) in [5.41, 5.74) is -1.16. The van der Waals surface area contributed by atoms with Crippen molar-refractivity contribution in [1.29, 1.82) is 0 Å². The minimum Gasteiger partial charge on any atom is -0.502 e. The number of carbonyl (C=O) groups is 1. The molecule has 0 fully saturated rings. The van der Waals surface area contributed by atoms with Crippen molar-refractivity contribution in [3.8, 4) is 5.75 Å². The van der Waals surface area contributed by atoms with Gasteiger partial charge >= 0.3 is 5.97 Å². The van der Waals surface area contributed by atoms with Crippen LogP contribution in [0.4, 0.5) is 0 Å². The summed E-state index contributed by atoms with van der Waals surface area (Å²) in [5.74, 6) is -0.658. The predicted molar refractivity (Wildman–Crippen MR) is 55.9 cm³/mol. The van der Waals surface area contributed by atoms with Crippen molar-refractivity contribution in [2.24, 2.45) is 5.41 Å². The van der Waals surface area contributed by atoms with Crippen molar-refractivity contribution in [3.05, 3.63) is 28.3 Å². The largest absolute Gasteiger partial charge is 0.502 e. The van der Waals surface area contributed by atoms with Gasteiger partial charge in [-0.2, -0.15) is 0 Å². The van der Waals surface area contributed by atoms with E-state index in [0.717, 1.165) is 12.3 Å². The first-order valence-electron chi connectivity index (χ1n) is 4.78. The quantitative estimate of drug-likeness (QED) is 0.772. The Kier molecular flexibility index (Phi) is 3.37. The molecule has 0 aliphatic carbocycles. The molecule has 1 rings (SSSR count). The zero-order valence-corrected chi connectivity index (χ0v) is 9.44. The van der Waals surface area contributed by atoms with Crippen molar-refractivity contribution >= 4 is 5.97 Å². The lowest BCUT2D eigenvalue weighted by molar-refractivity contribution is -0.154. The minimum absolute atomic E-state index is 0.119. The lowest BCUT2D eigenvalue weighted by Gasteiger charge is -2.15. The SMILES string of the molecule is CC(C)(C)C(=O)OCc1cc(=O)c(O)co1. The summed E-state index contributed by atoms with van der Waals surface area (Å²) < 4.78 is 9.81. The summed E-state index contributed by atoms with van der Waals surface area (Å²) in [6, 6.07) is 1.09. The van der Waals surface area contributed by atoms with Gasteiger partial charge in [-0.15, -0.1) is 0 Å². The molecule has 0 bridgehead atoms. The Morgan fingerprint density at radius 1 is 1.50 bits per heavy atom. The zero-order chi connectivity index (χ0) is 12.3. The van der Waals surface area contributed by atoms with Gasteiger partial charge in [-0.3, -0.25) is 9.59 Å². The number of hydrogen-bond acceptors (Lipinski definition) is 5. The summed E-state index contributed by atoms with van der Waals surface area (Å²) in [7, 11) is 0. The third-order valence-corrected chi connectivity index (χ3v) is 1.82. The highest BCUT2D eigenvalue weighted by Crippen LogP contribution is 2.16. The monoisotopic (exact) mass is 226 g/mol. The topological polar surface area (TPSA) is 76.7 Å². The molecule has 88 valence electrons. The molecule has 1 aromatic heterocycles. The van der Waals surface area contributed by atoms with E-state index in [-0.39, 0.29) is 18.3 Å². The fourth-order valence-corrected chi connectivity index (χ4v) is 0.873. The molecular formula is C11H14O5. The Morgan fingerprint density at radius 3 is 2.62 bits per heavy atom. The number of rotatable bonds is 2. The Labute approximate surface area is 92.7 Å². The maximum atomic E-state index is 11.4. The van der Waals surface area contributed by atoms with Crippen LogP contribution in [-0.2, 0) is 16.1 Å². The van der Waals surface area contributed by atoms with Gasteiger partial charge < -0.3 is 14.3 Å². The van der Waals surface area contributed by atoms with Crippen LogP contribution in [0.15, 0.2) is 21.5 Å². The third kappa shape index (κ3) is 3.12. The fraction of sp³-hybridized carbons (Fsp3) is 0.455. The molecule has 0 saturated heterocycles. The van der Waals surface area contributed by atoms with Crippen LogP contribution in [0, 0.1) is 5.41 Å². The second-order valence-corrected chi connectivity index (χ2v) is 4.42. The molecule has 0 radical (unpaired) electrons. The molecular weight excluding hydrogens is 212 g/mol. The second-order valence-electron chi connectivity index (χ2n) is 4.42. The van der Waals surface area contributed by atoms with Crippen LogP contribution in [0.5, 0.6) is 5.75 Å². The normalized spacial score (nSPS) is 11.2. The van der Waals surface area contributed by atoms with Gasteiger partial charge in [0, 0.05) is 6.07 Å². The van der Waals surface area contributed by atoms with E-state index in [1.54, 1.807) is 20.8 Å². The van der Waals surface area contributed by atoms with Gasteiger partial charge in [0.05, 0.1) is 5.41 Å². The van der Waals surface area contributed by atoms with Gasteiger partial charge in [0.1, 0.15) is 18.6 Å². The highest BCUT2D eigenvalue weighted by atomic mass is 16.5. The van der Waals surface area contributed by atoms with Crippen LogP contribution in [-0.4, -0.2) is 11.1 Å². The summed E-state index contributed by atoms with van der Waals surface area (Å²) in [6.07, 6.45) is 0.919. The van der Waals surface area contributed by atoms with E-state index in [1.807, 2.05) is 0 Å². The van der Waals surface area contributed by atoms with E-state index in [9.17, 15) is 9.59 Å². The fourth-order valence-electron chi connectivity index (χ4n) is 0.873. The van der Waals surface area contributed by atoms with E-state index in [2.05, 4.69) is 0 Å². The maximum absolute atomic E-state index is 11.4. The average molecular weight is 226 g/mol. The van der Waals surface area contributed by atoms with E-state index in [0.29, 0.717) is 0 Å². The smallest absolute Gasteiger partial charge is 0.311 e. The van der Waals surface area contributed by atoms with Gasteiger partial charge in [0.15, 0.2) is 5.75 Å². The molecule has 1 N–H and O–H groups in total. The highest BCUT2D eigenvalue weighted by molar-refractivity contribution is 5.75. The molecule has 5 nitrogen and oxygen atoms in total. The summed E-state index contributed by atoms with van der Waals surface area (Å²) in [6.45, 7) is 5.05. The Balaban J connectivity index is 2.66. The predicted octanol–water partition coefficient (Wildman–Crippen LogP) is 1.43. The standard InChI is InChI=1S/C11H14O5/c1-11(2,3)10(14)16-5-7-4-8(12)9(13)6-15-7/h4,6,13H,5H2,1-3H3. The van der Waals surface area contributed by atoms with Crippen LogP contribution >= 0.6 is 0 Å². The number of aromatic hydroxyl groups is 1.